The van der Waals surface area contributed by atoms with Gasteiger partial charge in [0.1, 0.15) is 0 Å². The highest BCUT2D eigenvalue weighted by Gasteiger charge is 2.30. The zero-order chi connectivity index (χ0) is 13.8. The van der Waals surface area contributed by atoms with E-state index in [2.05, 4.69) is 0 Å². The number of rotatable bonds is 3. The molecule has 0 saturated carbocycles. The van der Waals surface area contributed by atoms with Crippen LogP contribution < -0.4 is 0 Å². The first-order chi connectivity index (χ1) is 9.09. The Morgan fingerprint density at radius 2 is 1.89 bits per heavy atom. The number of aliphatic hydroxyl groups excluding tert-OH is 1. The van der Waals surface area contributed by atoms with Crippen LogP contribution in [0.3, 0.4) is 0 Å². The lowest BCUT2D eigenvalue weighted by molar-refractivity contribution is -0.146. The molecular weight excluding hydrogens is 242 g/mol. The van der Waals surface area contributed by atoms with E-state index in [9.17, 15) is 9.90 Å². The first kappa shape index (κ1) is 14.0. The zero-order valence-electron chi connectivity index (χ0n) is 11.5. The average Bonchev–Trinajstić information content (AvgIpc) is 2.39. The SMILES string of the molecule is CC1COCC(C)N1C(=O)CC(O)c1ccccc1. The van der Waals surface area contributed by atoms with Crippen LogP contribution in [0.15, 0.2) is 30.3 Å². The number of carbonyl (C=O) groups excluding carboxylic acids is 1. The molecule has 0 bridgehead atoms. The number of benzene rings is 1. The van der Waals surface area contributed by atoms with E-state index in [0.717, 1.165) is 5.56 Å². The fraction of sp³-hybridized carbons (Fsp3) is 0.533. The molecule has 3 unspecified atom stereocenters. The molecule has 2 rings (SSSR count). The Balaban J connectivity index is 2.00. The lowest BCUT2D eigenvalue weighted by Crippen LogP contribution is -2.52. The first-order valence-electron chi connectivity index (χ1n) is 6.71. The van der Waals surface area contributed by atoms with Crippen molar-refractivity contribution in [3.63, 3.8) is 0 Å². The van der Waals surface area contributed by atoms with Crippen LogP contribution in [0.4, 0.5) is 0 Å². The van der Waals surface area contributed by atoms with E-state index in [-0.39, 0.29) is 24.4 Å². The van der Waals surface area contributed by atoms with Crippen LogP contribution in [-0.2, 0) is 9.53 Å². The molecule has 1 aromatic rings. The number of hydrogen-bond acceptors (Lipinski definition) is 3. The van der Waals surface area contributed by atoms with Crippen molar-refractivity contribution >= 4 is 5.91 Å². The molecule has 0 radical (unpaired) electrons. The van der Waals surface area contributed by atoms with Crippen molar-refractivity contribution in [3.8, 4) is 0 Å². The van der Waals surface area contributed by atoms with Crippen LogP contribution in [0.2, 0.25) is 0 Å². The van der Waals surface area contributed by atoms with E-state index in [4.69, 9.17) is 4.74 Å². The van der Waals surface area contributed by atoms with Gasteiger partial charge in [0.2, 0.25) is 5.91 Å². The Hall–Kier alpha value is -1.39. The van der Waals surface area contributed by atoms with E-state index in [1.807, 2.05) is 49.1 Å². The zero-order valence-corrected chi connectivity index (χ0v) is 11.5. The van der Waals surface area contributed by atoms with E-state index < -0.39 is 6.10 Å². The summed E-state index contributed by atoms with van der Waals surface area (Å²) in [5, 5.41) is 10.1. The number of morpholine rings is 1. The van der Waals surface area contributed by atoms with Gasteiger partial charge in [0, 0.05) is 0 Å². The van der Waals surface area contributed by atoms with Crippen LogP contribution in [0, 0.1) is 0 Å². The summed E-state index contributed by atoms with van der Waals surface area (Å²) in [7, 11) is 0. The van der Waals surface area contributed by atoms with Crippen molar-refractivity contribution in [1.82, 2.24) is 4.90 Å². The second kappa shape index (κ2) is 6.17. The third kappa shape index (κ3) is 3.33. The van der Waals surface area contributed by atoms with Gasteiger partial charge in [-0.2, -0.15) is 0 Å². The minimum atomic E-state index is -0.740. The predicted molar refractivity (Wildman–Crippen MR) is 72.6 cm³/mol. The molecule has 4 heteroatoms. The van der Waals surface area contributed by atoms with Gasteiger partial charge in [-0.1, -0.05) is 30.3 Å². The molecule has 1 aromatic carbocycles. The lowest BCUT2D eigenvalue weighted by atomic mass is 10.0. The molecule has 1 saturated heterocycles. The molecule has 3 atom stereocenters. The van der Waals surface area contributed by atoms with Gasteiger partial charge in [0.05, 0.1) is 37.8 Å². The number of ether oxygens (including phenoxy) is 1. The summed E-state index contributed by atoms with van der Waals surface area (Å²) >= 11 is 0. The van der Waals surface area contributed by atoms with E-state index in [1.165, 1.54) is 0 Å². The fourth-order valence-corrected chi connectivity index (χ4v) is 2.56. The number of hydrogen-bond donors (Lipinski definition) is 1. The van der Waals surface area contributed by atoms with Crippen molar-refractivity contribution in [2.45, 2.75) is 38.5 Å². The van der Waals surface area contributed by atoms with Crippen LogP contribution in [-0.4, -0.2) is 41.2 Å². The van der Waals surface area contributed by atoms with Crippen molar-refractivity contribution in [3.05, 3.63) is 35.9 Å². The normalized spacial score (nSPS) is 25.1. The molecule has 1 N–H and O–H groups in total. The van der Waals surface area contributed by atoms with Gasteiger partial charge in [-0.3, -0.25) is 4.79 Å². The van der Waals surface area contributed by atoms with Crippen molar-refractivity contribution in [2.24, 2.45) is 0 Å². The monoisotopic (exact) mass is 263 g/mol. The van der Waals surface area contributed by atoms with Crippen molar-refractivity contribution < 1.29 is 14.6 Å². The number of aliphatic hydroxyl groups is 1. The molecule has 1 fully saturated rings. The minimum Gasteiger partial charge on any atom is -0.388 e. The van der Waals surface area contributed by atoms with Gasteiger partial charge in [-0.25, -0.2) is 0 Å². The highest BCUT2D eigenvalue weighted by molar-refractivity contribution is 5.77. The third-order valence-corrected chi connectivity index (χ3v) is 3.51. The van der Waals surface area contributed by atoms with Gasteiger partial charge >= 0.3 is 0 Å². The summed E-state index contributed by atoms with van der Waals surface area (Å²) in [5.74, 6) is -0.0142. The fourth-order valence-electron chi connectivity index (χ4n) is 2.56. The highest BCUT2D eigenvalue weighted by Crippen LogP contribution is 2.21. The molecule has 19 heavy (non-hydrogen) atoms. The number of amides is 1. The molecule has 1 amide bonds. The highest BCUT2D eigenvalue weighted by atomic mass is 16.5. The van der Waals surface area contributed by atoms with Crippen LogP contribution in [0.5, 0.6) is 0 Å². The maximum absolute atomic E-state index is 12.3. The average molecular weight is 263 g/mol. The topological polar surface area (TPSA) is 49.8 Å². The predicted octanol–water partition coefficient (Wildman–Crippen LogP) is 1.75. The van der Waals surface area contributed by atoms with Crippen LogP contribution in [0.25, 0.3) is 0 Å². The lowest BCUT2D eigenvalue weighted by Gasteiger charge is -2.39. The minimum absolute atomic E-state index is 0.0142. The molecule has 0 aromatic heterocycles. The van der Waals surface area contributed by atoms with E-state index in [0.29, 0.717) is 13.2 Å². The molecule has 4 nitrogen and oxygen atoms in total. The molecule has 0 aliphatic carbocycles. The summed E-state index contributed by atoms with van der Waals surface area (Å²) in [6.07, 6.45) is -0.616. The van der Waals surface area contributed by atoms with Gasteiger partial charge in [0.25, 0.3) is 0 Å². The van der Waals surface area contributed by atoms with E-state index >= 15 is 0 Å². The quantitative estimate of drug-likeness (QED) is 0.903. The summed E-state index contributed by atoms with van der Waals surface area (Å²) in [6.45, 7) is 5.08. The second-order valence-electron chi connectivity index (χ2n) is 5.17. The Kier molecular flexibility index (Phi) is 4.56. The number of carbonyl (C=O) groups is 1. The standard InChI is InChI=1S/C15H21NO3/c1-11-9-19-10-12(2)16(11)15(18)8-14(17)13-6-4-3-5-7-13/h3-7,11-12,14,17H,8-10H2,1-2H3. The number of nitrogens with zero attached hydrogens (tertiary/aromatic N) is 1. The first-order valence-corrected chi connectivity index (χ1v) is 6.71. The molecule has 1 aliphatic rings. The Morgan fingerprint density at radius 1 is 1.32 bits per heavy atom. The van der Waals surface area contributed by atoms with Gasteiger partial charge in [-0.15, -0.1) is 0 Å². The maximum Gasteiger partial charge on any atom is 0.226 e. The Labute approximate surface area is 114 Å². The smallest absolute Gasteiger partial charge is 0.226 e. The van der Waals surface area contributed by atoms with Crippen LogP contribution in [0.1, 0.15) is 31.9 Å². The second-order valence-corrected chi connectivity index (χ2v) is 5.17. The van der Waals surface area contributed by atoms with Gasteiger partial charge < -0.3 is 14.7 Å². The van der Waals surface area contributed by atoms with Crippen LogP contribution >= 0.6 is 0 Å². The summed E-state index contributed by atoms with van der Waals surface area (Å²) in [6, 6.07) is 9.43. The molecule has 104 valence electrons. The Bertz CT molecular complexity index is 411. The van der Waals surface area contributed by atoms with E-state index in [1.54, 1.807) is 0 Å². The molecular formula is C15H21NO3. The summed E-state index contributed by atoms with van der Waals surface area (Å²) in [5.41, 5.74) is 0.782. The third-order valence-electron chi connectivity index (χ3n) is 3.51. The Morgan fingerprint density at radius 3 is 2.47 bits per heavy atom. The summed E-state index contributed by atoms with van der Waals surface area (Å²) < 4.78 is 5.41. The van der Waals surface area contributed by atoms with Gasteiger partial charge in [-0.05, 0) is 19.4 Å². The molecule has 1 aliphatic heterocycles. The summed E-state index contributed by atoms with van der Waals surface area (Å²) in [4.78, 5) is 14.1. The van der Waals surface area contributed by atoms with Crippen molar-refractivity contribution in [1.29, 1.82) is 0 Å². The largest absolute Gasteiger partial charge is 0.388 e. The van der Waals surface area contributed by atoms with Gasteiger partial charge in [0.15, 0.2) is 0 Å². The molecule has 1 heterocycles. The maximum atomic E-state index is 12.3. The molecule has 0 spiro atoms. The van der Waals surface area contributed by atoms with Crippen molar-refractivity contribution in [2.75, 3.05) is 13.2 Å².